The smallest absolute Gasteiger partial charge is 0.322 e. The van der Waals surface area contributed by atoms with E-state index in [1.54, 1.807) is 12.1 Å². The van der Waals surface area contributed by atoms with Crippen LogP contribution in [-0.2, 0) is 11.3 Å². The van der Waals surface area contributed by atoms with Gasteiger partial charge in [0.05, 0.1) is 6.61 Å². The summed E-state index contributed by atoms with van der Waals surface area (Å²) in [5.74, 6) is -1.48. The summed E-state index contributed by atoms with van der Waals surface area (Å²) < 4.78 is 0. The number of amides is 1. The van der Waals surface area contributed by atoms with Crippen molar-refractivity contribution >= 4 is 11.9 Å². The van der Waals surface area contributed by atoms with Gasteiger partial charge in [-0.05, 0) is 18.2 Å². The molecular weight excluding hydrogens is 260 g/mol. The molecule has 1 aromatic carbocycles. The minimum atomic E-state index is -1.08. The largest absolute Gasteiger partial charge is 0.480 e. The first-order chi connectivity index (χ1) is 9.58. The normalized spacial score (nSPS) is 10.6. The number of nitrogens with one attached hydrogen (secondary N) is 1. The summed E-state index contributed by atoms with van der Waals surface area (Å²) in [5, 5.41) is 19.9. The zero-order valence-corrected chi connectivity index (χ0v) is 11.5. The molecule has 110 valence electrons. The van der Waals surface area contributed by atoms with Gasteiger partial charge >= 0.3 is 5.97 Å². The van der Waals surface area contributed by atoms with Crippen LogP contribution in [0, 0.1) is 0 Å². The number of aliphatic carboxylic acids is 1. The summed E-state index contributed by atoms with van der Waals surface area (Å²) in [5.41, 5.74) is 1.27. The molecule has 0 bridgehead atoms. The maximum Gasteiger partial charge on any atom is 0.322 e. The maximum atomic E-state index is 12.0. The first kappa shape index (κ1) is 16.1. The Kier molecular flexibility index (Phi) is 6.69. The molecule has 0 saturated heterocycles. The van der Waals surface area contributed by atoms with Gasteiger partial charge in [-0.2, -0.15) is 0 Å². The van der Waals surface area contributed by atoms with Gasteiger partial charge in [0.2, 0.25) is 0 Å². The first-order valence-electron chi connectivity index (χ1n) is 6.49. The van der Waals surface area contributed by atoms with E-state index in [0.29, 0.717) is 18.7 Å². The molecule has 6 heteroatoms. The quantitative estimate of drug-likeness (QED) is 0.638. The van der Waals surface area contributed by atoms with Gasteiger partial charge in [-0.1, -0.05) is 25.1 Å². The lowest BCUT2D eigenvalue weighted by Crippen LogP contribution is -2.31. The van der Waals surface area contributed by atoms with Crippen molar-refractivity contribution in [2.24, 2.45) is 0 Å². The van der Waals surface area contributed by atoms with Crippen molar-refractivity contribution in [2.75, 3.05) is 26.2 Å². The van der Waals surface area contributed by atoms with E-state index < -0.39 is 18.4 Å². The fourth-order valence-electron chi connectivity index (χ4n) is 1.86. The monoisotopic (exact) mass is 280 g/mol. The van der Waals surface area contributed by atoms with Crippen LogP contribution in [0.5, 0.6) is 0 Å². The molecule has 1 aromatic rings. The number of carboxylic acid groups (broad SMARTS) is 1. The number of carbonyl (C=O) groups excluding carboxylic acids is 1. The molecule has 0 aromatic heterocycles. The number of likely N-dealkylation sites (N-methyl/N-ethyl adjacent to an activating group) is 1. The van der Waals surface area contributed by atoms with Gasteiger partial charge in [-0.15, -0.1) is 0 Å². The maximum absolute atomic E-state index is 12.0. The Labute approximate surface area is 118 Å². The van der Waals surface area contributed by atoms with E-state index >= 15 is 0 Å². The molecule has 0 unspecified atom stereocenters. The van der Waals surface area contributed by atoms with Crippen molar-refractivity contribution in [3.63, 3.8) is 0 Å². The third-order valence-electron chi connectivity index (χ3n) is 2.92. The molecular formula is C14H20N2O4. The molecule has 0 aliphatic heterocycles. The number of carbonyl (C=O) groups is 2. The Hall–Kier alpha value is -1.92. The molecule has 0 aliphatic rings. The lowest BCUT2D eigenvalue weighted by molar-refractivity contribution is -0.135. The number of aliphatic hydroxyl groups excluding tert-OH is 1. The molecule has 1 rings (SSSR count). The summed E-state index contributed by atoms with van der Waals surface area (Å²) in [6.07, 6.45) is 0. The fourth-order valence-corrected chi connectivity index (χ4v) is 1.86. The van der Waals surface area contributed by atoms with Crippen LogP contribution in [0.2, 0.25) is 0 Å². The highest BCUT2D eigenvalue weighted by molar-refractivity contribution is 5.97. The number of aliphatic hydroxyl groups is 1. The molecule has 3 N–H and O–H groups in total. The van der Waals surface area contributed by atoms with E-state index in [4.69, 9.17) is 10.2 Å². The topological polar surface area (TPSA) is 89.9 Å². The minimum Gasteiger partial charge on any atom is -0.480 e. The highest BCUT2D eigenvalue weighted by atomic mass is 16.4. The van der Waals surface area contributed by atoms with Crippen LogP contribution in [0.3, 0.4) is 0 Å². The van der Waals surface area contributed by atoms with Gasteiger partial charge in [0.15, 0.2) is 0 Å². The van der Waals surface area contributed by atoms with Crippen molar-refractivity contribution < 1.29 is 19.8 Å². The van der Waals surface area contributed by atoms with Crippen molar-refractivity contribution in [1.29, 1.82) is 0 Å². The number of nitrogens with zero attached hydrogens (tertiary/aromatic N) is 1. The molecule has 0 spiro atoms. The molecule has 6 nitrogen and oxygen atoms in total. The Morgan fingerprint density at radius 2 is 2.00 bits per heavy atom. The summed E-state index contributed by atoms with van der Waals surface area (Å²) >= 11 is 0. The zero-order chi connectivity index (χ0) is 15.0. The van der Waals surface area contributed by atoms with Crippen LogP contribution in [-0.4, -0.2) is 53.2 Å². The Bertz CT molecular complexity index is 462. The highest BCUT2D eigenvalue weighted by Crippen LogP contribution is 2.11. The average Bonchev–Trinajstić information content (AvgIpc) is 2.44. The third kappa shape index (κ3) is 4.99. The summed E-state index contributed by atoms with van der Waals surface area (Å²) in [7, 11) is 0. The van der Waals surface area contributed by atoms with E-state index in [2.05, 4.69) is 5.32 Å². The van der Waals surface area contributed by atoms with Crippen LogP contribution in [0.1, 0.15) is 22.8 Å². The fraction of sp³-hybridized carbons (Fsp3) is 0.429. The van der Waals surface area contributed by atoms with Crippen molar-refractivity contribution in [1.82, 2.24) is 10.2 Å². The van der Waals surface area contributed by atoms with Gasteiger partial charge in [-0.25, -0.2) is 0 Å². The van der Waals surface area contributed by atoms with Crippen LogP contribution in [0.4, 0.5) is 0 Å². The SMILES string of the molecule is CCN(CCO)Cc1ccccc1C(=O)NCC(=O)O. The van der Waals surface area contributed by atoms with E-state index in [9.17, 15) is 9.59 Å². The van der Waals surface area contributed by atoms with Gasteiger partial charge in [0, 0.05) is 18.7 Å². The second-order valence-corrected chi connectivity index (χ2v) is 4.33. The Balaban J connectivity index is 2.81. The van der Waals surface area contributed by atoms with Gasteiger partial charge in [-0.3, -0.25) is 14.5 Å². The standard InChI is InChI=1S/C14H20N2O4/c1-2-16(7-8-17)10-11-5-3-4-6-12(11)14(20)15-9-13(18)19/h3-6,17H,2,7-10H2,1H3,(H,15,20)(H,18,19). The molecule has 0 fully saturated rings. The minimum absolute atomic E-state index is 0.0568. The molecule has 0 radical (unpaired) electrons. The number of carboxylic acids is 1. The lowest BCUT2D eigenvalue weighted by atomic mass is 10.1. The molecule has 0 saturated carbocycles. The van der Waals surface area contributed by atoms with Gasteiger partial charge < -0.3 is 15.5 Å². The summed E-state index contributed by atoms with van der Waals surface area (Å²) in [4.78, 5) is 24.4. The third-order valence-corrected chi connectivity index (χ3v) is 2.92. The van der Waals surface area contributed by atoms with Crippen LogP contribution in [0.15, 0.2) is 24.3 Å². The van der Waals surface area contributed by atoms with Crippen LogP contribution in [0.25, 0.3) is 0 Å². The second-order valence-electron chi connectivity index (χ2n) is 4.33. The van der Waals surface area contributed by atoms with E-state index in [1.807, 2.05) is 24.0 Å². The van der Waals surface area contributed by atoms with E-state index in [-0.39, 0.29) is 6.61 Å². The van der Waals surface area contributed by atoms with Crippen molar-refractivity contribution in [3.8, 4) is 0 Å². The molecule has 1 amide bonds. The Morgan fingerprint density at radius 3 is 2.60 bits per heavy atom. The molecule has 20 heavy (non-hydrogen) atoms. The molecule has 0 atom stereocenters. The first-order valence-corrected chi connectivity index (χ1v) is 6.49. The lowest BCUT2D eigenvalue weighted by Gasteiger charge is -2.20. The predicted octanol–water partition coefficient (Wildman–Crippen LogP) is 0.315. The summed E-state index contributed by atoms with van der Waals surface area (Å²) in [6, 6.07) is 7.06. The van der Waals surface area contributed by atoms with Gasteiger partial charge in [0.1, 0.15) is 6.54 Å². The molecule has 0 aliphatic carbocycles. The Morgan fingerprint density at radius 1 is 1.30 bits per heavy atom. The van der Waals surface area contributed by atoms with Gasteiger partial charge in [0.25, 0.3) is 5.91 Å². The number of hydrogen-bond donors (Lipinski definition) is 3. The number of rotatable bonds is 8. The molecule has 0 heterocycles. The second kappa shape index (κ2) is 8.29. The zero-order valence-electron chi connectivity index (χ0n) is 11.5. The number of hydrogen-bond acceptors (Lipinski definition) is 4. The van der Waals surface area contributed by atoms with E-state index in [1.165, 1.54) is 0 Å². The average molecular weight is 280 g/mol. The van der Waals surface area contributed by atoms with Crippen molar-refractivity contribution in [2.45, 2.75) is 13.5 Å². The van der Waals surface area contributed by atoms with Crippen LogP contribution >= 0.6 is 0 Å². The summed E-state index contributed by atoms with van der Waals surface area (Å²) in [6.45, 7) is 3.45. The van der Waals surface area contributed by atoms with Crippen LogP contribution < -0.4 is 5.32 Å². The predicted molar refractivity (Wildman–Crippen MR) is 74.4 cm³/mol. The van der Waals surface area contributed by atoms with Crippen molar-refractivity contribution in [3.05, 3.63) is 35.4 Å². The van der Waals surface area contributed by atoms with E-state index in [0.717, 1.165) is 12.1 Å². The number of benzene rings is 1. The highest BCUT2D eigenvalue weighted by Gasteiger charge is 2.13.